The van der Waals surface area contributed by atoms with Gasteiger partial charge in [0.05, 0.1) is 0 Å². The highest BCUT2D eigenvalue weighted by Crippen LogP contribution is 2.25. The number of hydrogen-bond donors (Lipinski definition) is 2. The Bertz CT molecular complexity index is 493. The number of benzene rings is 1. The fourth-order valence-electron chi connectivity index (χ4n) is 2.54. The lowest BCUT2D eigenvalue weighted by Gasteiger charge is -2.33. The minimum absolute atomic E-state index is 0.237. The van der Waals surface area contributed by atoms with E-state index in [2.05, 4.69) is 21.2 Å². The predicted molar refractivity (Wildman–Crippen MR) is 76.4 cm³/mol. The van der Waals surface area contributed by atoms with E-state index < -0.39 is 28.6 Å². The van der Waals surface area contributed by atoms with Crippen molar-refractivity contribution in [3.05, 3.63) is 33.8 Å². The number of carbonyl (C=O) groups is 1. The topological polar surface area (TPSA) is 55.1 Å². The number of halogens is 3. The summed E-state index contributed by atoms with van der Waals surface area (Å²) in [5.74, 6) is -2.53. The molecular weight excluding hydrogens is 330 g/mol. The van der Waals surface area contributed by atoms with Crippen LogP contribution in [0, 0.1) is 11.6 Å². The standard InChI is InChI=1S/C14H17BrF2N2O/c15-9-6-10(16)12(11(17)7-9)13(20)19-8-14(18)4-2-1-3-5-14/h6-7H,1-5,8,18H2,(H,19,20). The van der Waals surface area contributed by atoms with Crippen LogP contribution in [-0.2, 0) is 0 Å². The predicted octanol–water partition coefficient (Wildman–Crippen LogP) is 3.12. The minimum atomic E-state index is -0.885. The van der Waals surface area contributed by atoms with Gasteiger partial charge in [0.25, 0.3) is 5.91 Å². The second-order valence-electron chi connectivity index (χ2n) is 5.35. The monoisotopic (exact) mass is 346 g/mol. The Morgan fingerprint density at radius 1 is 1.25 bits per heavy atom. The summed E-state index contributed by atoms with van der Waals surface area (Å²) in [4.78, 5) is 11.9. The van der Waals surface area contributed by atoms with Crippen molar-refractivity contribution in [2.24, 2.45) is 5.73 Å². The van der Waals surface area contributed by atoms with Crippen molar-refractivity contribution in [3.8, 4) is 0 Å². The van der Waals surface area contributed by atoms with Crippen molar-refractivity contribution in [3.63, 3.8) is 0 Å². The van der Waals surface area contributed by atoms with Crippen LogP contribution in [0.2, 0.25) is 0 Å². The molecule has 0 bridgehead atoms. The molecule has 3 N–H and O–H groups in total. The van der Waals surface area contributed by atoms with E-state index in [1.165, 1.54) is 0 Å². The fraction of sp³-hybridized carbons (Fsp3) is 0.500. The fourth-order valence-corrected chi connectivity index (χ4v) is 2.94. The maximum absolute atomic E-state index is 13.7. The first-order valence-electron chi connectivity index (χ1n) is 6.63. The Morgan fingerprint density at radius 2 is 1.80 bits per heavy atom. The molecule has 2 rings (SSSR count). The van der Waals surface area contributed by atoms with Crippen LogP contribution in [0.4, 0.5) is 8.78 Å². The molecule has 0 heterocycles. The van der Waals surface area contributed by atoms with Crippen molar-refractivity contribution in [2.75, 3.05) is 6.54 Å². The molecule has 0 spiro atoms. The number of hydrogen-bond acceptors (Lipinski definition) is 2. The molecule has 1 aromatic rings. The van der Waals surface area contributed by atoms with Crippen LogP contribution in [-0.4, -0.2) is 18.0 Å². The lowest BCUT2D eigenvalue weighted by molar-refractivity contribution is 0.0929. The molecular formula is C14H17BrF2N2O. The molecule has 1 saturated carbocycles. The Morgan fingerprint density at radius 3 is 2.35 bits per heavy atom. The zero-order valence-electron chi connectivity index (χ0n) is 11.0. The van der Waals surface area contributed by atoms with Gasteiger partial charge in [-0.3, -0.25) is 4.79 Å². The van der Waals surface area contributed by atoms with Crippen LogP contribution in [0.1, 0.15) is 42.5 Å². The average Bonchev–Trinajstić information content (AvgIpc) is 2.36. The Hall–Kier alpha value is -1.01. The van der Waals surface area contributed by atoms with Crippen molar-refractivity contribution >= 4 is 21.8 Å². The zero-order chi connectivity index (χ0) is 14.8. The molecule has 0 radical (unpaired) electrons. The van der Waals surface area contributed by atoms with E-state index in [1.54, 1.807) is 0 Å². The van der Waals surface area contributed by atoms with Crippen LogP contribution in [0.5, 0.6) is 0 Å². The number of nitrogens with two attached hydrogens (primary N) is 1. The third kappa shape index (κ3) is 3.55. The van der Waals surface area contributed by atoms with E-state index in [4.69, 9.17) is 5.73 Å². The lowest BCUT2D eigenvalue weighted by Crippen LogP contribution is -2.51. The van der Waals surface area contributed by atoms with Gasteiger partial charge in [0.1, 0.15) is 17.2 Å². The van der Waals surface area contributed by atoms with Gasteiger partial charge in [-0.15, -0.1) is 0 Å². The normalized spacial score (nSPS) is 17.8. The molecule has 3 nitrogen and oxygen atoms in total. The zero-order valence-corrected chi connectivity index (χ0v) is 12.6. The molecule has 6 heteroatoms. The first-order valence-corrected chi connectivity index (χ1v) is 7.42. The van der Waals surface area contributed by atoms with Crippen LogP contribution in [0.15, 0.2) is 16.6 Å². The molecule has 0 unspecified atom stereocenters. The maximum Gasteiger partial charge on any atom is 0.257 e. The van der Waals surface area contributed by atoms with Gasteiger partial charge in [0.2, 0.25) is 0 Å². The van der Waals surface area contributed by atoms with Crippen molar-refractivity contribution in [2.45, 2.75) is 37.6 Å². The summed E-state index contributed by atoms with van der Waals surface area (Å²) in [6.45, 7) is 0.237. The molecule has 1 aliphatic carbocycles. The summed E-state index contributed by atoms with van der Waals surface area (Å²) in [6.07, 6.45) is 4.82. The van der Waals surface area contributed by atoms with E-state index in [1.807, 2.05) is 0 Å². The van der Waals surface area contributed by atoms with Gasteiger partial charge in [-0.05, 0) is 25.0 Å². The molecule has 1 fully saturated rings. The van der Waals surface area contributed by atoms with Crippen molar-refractivity contribution in [1.82, 2.24) is 5.32 Å². The molecule has 110 valence electrons. The molecule has 1 aliphatic rings. The van der Waals surface area contributed by atoms with Gasteiger partial charge in [0, 0.05) is 16.6 Å². The minimum Gasteiger partial charge on any atom is -0.350 e. The highest BCUT2D eigenvalue weighted by molar-refractivity contribution is 9.10. The smallest absolute Gasteiger partial charge is 0.257 e. The van der Waals surface area contributed by atoms with Gasteiger partial charge in [-0.25, -0.2) is 8.78 Å². The van der Waals surface area contributed by atoms with E-state index in [0.29, 0.717) is 0 Å². The lowest BCUT2D eigenvalue weighted by atomic mass is 9.82. The second-order valence-corrected chi connectivity index (χ2v) is 6.27. The highest BCUT2D eigenvalue weighted by atomic mass is 79.9. The van der Waals surface area contributed by atoms with Crippen molar-refractivity contribution < 1.29 is 13.6 Å². The summed E-state index contributed by atoms with van der Waals surface area (Å²) < 4.78 is 27.6. The summed E-state index contributed by atoms with van der Waals surface area (Å²) in [7, 11) is 0. The first kappa shape index (κ1) is 15.4. The quantitative estimate of drug-likeness (QED) is 0.883. The SMILES string of the molecule is NC1(CNC(=O)c2c(F)cc(Br)cc2F)CCCCC1. The van der Waals surface area contributed by atoms with E-state index in [9.17, 15) is 13.6 Å². The molecule has 0 atom stereocenters. The molecule has 1 aromatic carbocycles. The van der Waals surface area contributed by atoms with Gasteiger partial charge >= 0.3 is 0 Å². The molecule has 1 amide bonds. The summed E-state index contributed by atoms with van der Waals surface area (Å²) >= 11 is 2.97. The van der Waals surface area contributed by atoms with E-state index >= 15 is 0 Å². The van der Waals surface area contributed by atoms with Crippen LogP contribution in [0.25, 0.3) is 0 Å². The van der Waals surface area contributed by atoms with E-state index in [-0.39, 0.29) is 11.0 Å². The second kappa shape index (κ2) is 6.18. The molecule has 0 aromatic heterocycles. The van der Waals surface area contributed by atoms with Gasteiger partial charge in [-0.2, -0.15) is 0 Å². The Balaban J connectivity index is 2.05. The molecule has 0 aliphatic heterocycles. The number of rotatable bonds is 3. The Labute approximate surface area is 125 Å². The van der Waals surface area contributed by atoms with Crippen LogP contribution < -0.4 is 11.1 Å². The summed E-state index contributed by atoms with van der Waals surface area (Å²) in [5, 5.41) is 2.55. The third-order valence-electron chi connectivity index (χ3n) is 3.68. The third-order valence-corrected chi connectivity index (χ3v) is 4.14. The maximum atomic E-state index is 13.7. The average molecular weight is 347 g/mol. The van der Waals surface area contributed by atoms with Crippen molar-refractivity contribution in [1.29, 1.82) is 0 Å². The Kier molecular flexibility index (Phi) is 4.75. The summed E-state index contributed by atoms with van der Waals surface area (Å²) in [6, 6.07) is 2.13. The highest BCUT2D eigenvalue weighted by Gasteiger charge is 2.28. The number of amides is 1. The van der Waals surface area contributed by atoms with Crippen LogP contribution in [0.3, 0.4) is 0 Å². The number of carbonyl (C=O) groups excluding carboxylic acids is 1. The van der Waals surface area contributed by atoms with Gasteiger partial charge in [0.15, 0.2) is 0 Å². The van der Waals surface area contributed by atoms with Gasteiger partial charge in [-0.1, -0.05) is 35.2 Å². The number of nitrogens with one attached hydrogen (secondary N) is 1. The molecule has 0 saturated heterocycles. The van der Waals surface area contributed by atoms with Crippen LogP contribution >= 0.6 is 15.9 Å². The largest absolute Gasteiger partial charge is 0.350 e. The molecule has 20 heavy (non-hydrogen) atoms. The first-order chi connectivity index (χ1) is 9.41. The van der Waals surface area contributed by atoms with Gasteiger partial charge < -0.3 is 11.1 Å². The van der Waals surface area contributed by atoms with E-state index in [0.717, 1.165) is 44.2 Å². The summed E-state index contributed by atoms with van der Waals surface area (Å²) in [5.41, 5.74) is 5.15.